The number of carbonyl (C=O) groups is 1. The number of rotatable bonds is 5. The third-order valence-corrected chi connectivity index (χ3v) is 5.17. The fourth-order valence-corrected chi connectivity index (χ4v) is 3.62. The zero-order chi connectivity index (χ0) is 14.5. The Morgan fingerprint density at radius 1 is 1.25 bits per heavy atom. The number of ether oxygens (including phenoxy) is 1. The second-order valence-corrected chi connectivity index (χ2v) is 6.83. The number of likely N-dealkylation sites (tertiary alicyclic amines) is 1. The van der Waals surface area contributed by atoms with Gasteiger partial charge in [0.2, 0.25) is 6.41 Å². The Morgan fingerprint density at radius 2 is 1.95 bits per heavy atom. The molecule has 1 amide bonds. The van der Waals surface area contributed by atoms with Crippen LogP contribution in [0.2, 0.25) is 0 Å². The van der Waals surface area contributed by atoms with Crippen LogP contribution in [0.1, 0.15) is 52.4 Å². The van der Waals surface area contributed by atoms with E-state index in [1.165, 1.54) is 12.8 Å². The van der Waals surface area contributed by atoms with Crippen molar-refractivity contribution in [3.05, 3.63) is 0 Å². The fourth-order valence-electron chi connectivity index (χ4n) is 3.62. The quantitative estimate of drug-likeness (QED) is 0.786. The highest BCUT2D eigenvalue weighted by atomic mass is 16.5. The molecule has 20 heavy (non-hydrogen) atoms. The summed E-state index contributed by atoms with van der Waals surface area (Å²) in [4.78, 5) is 12.9. The summed E-state index contributed by atoms with van der Waals surface area (Å²) in [6, 6.07) is 0.144. The van der Waals surface area contributed by atoms with Gasteiger partial charge in [0.1, 0.15) is 0 Å². The number of nitrogens with two attached hydrogens (primary N) is 1. The van der Waals surface area contributed by atoms with Crippen molar-refractivity contribution in [2.45, 2.75) is 70.6 Å². The highest BCUT2D eigenvalue weighted by Gasteiger charge is 2.30. The molecular weight excluding hydrogens is 252 g/mol. The Balaban J connectivity index is 1.76. The molecule has 2 fully saturated rings. The standard InChI is InChI=1S/C16H30N2O2/c1-12(2)13-5-7-14(8-6-13)20-10-16-15(17)4-3-9-18(16)11-19/h11-16H,3-10,17H2,1-2H3/t13-,14+,15?,16-/m0/s1. The van der Waals surface area contributed by atoms with Crippen LogP contribution in [0.15, 0.2) is 0 Å². The number of hydrogen-bond acceptors (Lipinski definition) is 3. The fraction of sp³-hybridized carbons (Fsp3) is 0.938. The van der Waals surface area contributed by atoms with Crippen LogP contribution in [0.4, 0.5) is 0 Å². The molecule has 0 aromatic rings. The Labute approximate surface area is 123 Å². The van der Waals surface area contributed by atoms with Crippen molar-refractivity contribution in [3.63, 3.8) is 0 Å². The van der Waals surface area contributed by atoms with Crippen molar-refractivity contribution < 1.29 is 9.53 Å². The molecule has 1 unspecified atom stereocenters. The molecule has 4 nitrogen and oxygen atoms in total. The van der Waals surface area contributed by atoms with Crippen LogP contribution in [0.5, 0.6) is 0 Å². The summed E-state index contributed by atoms with van der Waals surface area (Å²) >= 11 is 0. The first-order chi connectivity index (χ1) is 9.61. The predicted molar refractivity (Wildman–Crippen MR) is 80.3 cm³/mol. The summed E-state index contributed by atoms with van der Waals surface area (Å²) < 4.78 is 6.07. The molecule has 1 aliphatic carbocycles. The van der Waals surface area contributed by atoms with Gasteiger partial charge in [0.15, 0.2) is 0 Å². The number of nitrogens with zero attached hydrogens (tertiary/aromatic N) is 1. The van der Waals surface area contributed by atoms with Gasteiger partial charge in [-0.25, -0.2) is 0 Å². The molecule has 1 saturated carbocycles. The zero-order valence-electron chi connectivity index (χ0n) is 13.0. The number of piperidine rings is 1. The van der Waals surface area contributed by atoms with Gasteiger partial charge in [0.05, 0.1) is 18.8 Å². The van der Waals surface area contributed by atoms with E-state index >= 15 is 0 Å². The van der Waals surface area contributed by atoms with Crippen LogP contribution in [-0.2, 0) is 9.53 Å². The largest absolute Gasteiger partial charge is 0.376 e. The molecule has 2 aliphatic rings. The molecule has 0 radical (unpaired) electrons. The lowest BCUT2D eigenvalue weighted by Gasteiger charge is -2.38. The molecule has 2 N–H and O–H groups in total. The van der Waals surface area contributed by atoms with Crippen molar-refractivity contribution in [3.8, 4) is 0 Å². The van der Waals surface area contributed by atoms with Gasteiger partial charge in [-0.15, -0.1) is 0 Å². The second-order valence-electron chi connectivity index (χ2n) is 6.83. The summed E-state index contributed by atoms with van der Waals surface area (Å²) in [5.41, 5.74) is 6.14. The summed E-state index contributed by atoms with van der Waals surface area (Å²) in [6.07, 6.45) is 8.18. The Hall–Kier alpha value is -0.610. The summed E-state index contributed by atoms with van der Waals surface area (Å²) in [5, 5.41) is 0. The average molecular weight is 282 g/mol. The van der Waals surface area contributed by atoms with Crippen LogP contribution >= 0.6 is 0 Å². The first-order valence-electron chi connectivity index (χ1n) is 8.20. The monoisotopic (exact) mass is 282 g/mol. The van der Waals surface area contributed by atoms with Gasteiger partial charge in [0.25, 0.3) is 0 Å². The lowest BCUT2D eigenvalue weighted by molar-refractivity contribution is -0.124. The molecule has 2 atom stereocenters. The lowest BCUT2D eigenvalue weighted by atomic mass is 9.80. The molecule has 116 valence electrons. The van der Waals surface area contributed by atoms with E-state index in [0.717, 1.165) is 50.5 Å². The molecule has 0 aromatic heterocycles. The van der Waals surface area contributed by atoms with Crippen molar-refractivity contribution in [1.82, 2.24) is 4.90 Å². The molecule has 1 heterocycles. The molecule has 2 rings (SSSR count). The van der Waals surface area contributed by atoms with Crippen molar-refractivity contribution in [2.75, 3.05) is 13.2 Å². The molecular formula is C16H30N2O2. The van der Waals surface area contributed by atoms with Crippen LogP contribution in [-0.4, -0.2) is 42.6 Å². The van der Waals surface area contributed by atoms with Gasteiger partial charge in [-0.1, -0.05) is 13.8 Å². The first kappa shape index (κ1) is 15.8. The summed E-state index contributed by atoms with van der Waals surface area (Å²) in [7, 11) is 0. The second kappa shape index (κ2) is 7.41. The van der Waals surface area contributed by atoms with Crippen LogP contribution in [0.25, 0.3) is 0 Å². The van der Waals surface area contributed by atoms with Gasteiger partial charge in [-0.05, 0) is 50.4 Å². The predicted octanol–water partition coefficient (Wildman–Crippen LogP) is 2.17. The topological polar surface area (TPSA) is 55.6 Å². The van der Waals surface area contributed by atoms with Crippen molar-refractivity contribution >= 4 is 6.41 Å². The third kappa shape index (κ3) is 3.95. The third-order valence-electron chi connectivity index (χ3n) is 5.17. The molecule has 0 bridgehead atoms. The van der Waals surface area contributed by atoms with E-state index in [-0.39, 0.29) is 12.1 Å². The van der Waals surface area contributed by atoms with Gasteiger partial charge < -0.3 is 15.4 Å². The van der Waals surface area contributed by atoms with Crippen molar-refractivity contribution in [1.29, 1.82) is 0 Å². The van der Waals surface area contributed by atoms with E-state index in [1.807, 2.05) is 4.90 Å². The highest BCUT2D eigenvalue weighted by molar-refractivity contribution is 5.48. The smallest absolute Gasteiger partial charge is 0.210 e. The molecule has 0 aromatic carbocycles. The van der Waals surface area contributed by atoms with Crippen LogP contribution < -0.4 is 5.73 Å². The maximum absolute atomic E-state index is 11.1. The minimum Gasteiger partial charge on any atom is -0.376 e. The van der Waals surface area contributed by atoms with E-state index in [4.69, 9.17) is 10.5 Å². The lowest BCUT2D eigenvalue weighted by Crippen LogP contribution is -2.54. The van der Waals surface area contributed by atoms with E-state index in [9.17, 15) is 4.79 Å². The van der Waals surface area contributed by atoms with Gasteiger partial charge in [0, 0.05) is 12.6 Å². The van der Waals surface area contributed by atoms with E-state index in [2.05, 4.69) is 13.8 Å². The first-order valence-corrected chi connectivity index (χ1v) is 8.20. The number of hydrogen-bond donors (Lipinski definition) is 1. The Morgan fingerprint density at radius 3 is 2.55 bits per heavy atom. The summed E-state index contributed by atoms with van der Waals surface area (Å²) in [6.45, 7) is 6.06. The molecule has 1 aliphatic heterocycles. The zero-order valence-corrected chi connectivity index (χ0v) is 13.0. The Bertz CT molecular complexity index is 301. The van der Waals surface area contributed by atoms with Gasteiger partial charge in [-0.2, -0.15) is 0 Å². The minimum atomic E-state index is 0.0703. The number of carbonyl (C=O) groups excluding carboxylic acids is 1. The van der Waals surface area contributed by atoms with E-state index in [0.29, 0.717) is 12.7 Å². The van der Waals surface area contributed by atoms with E-state index < -0.39 is 0 Å². The van der Waals surface area contributed by atoms with Gasteiger partial charge >= 0.3 is 0 Å². The number of amides is 1. The van der Waals surface area contributed by atoms with Crippen LogP contribution in [0, 0.1) is 11.8 Å². The highest BCUT2D eigenvalue weighted by Crippen LogP contribution is 2.31. The molecule has 1 saturated heterocycles. The maximum Gasteiger partial charge on any atom is 0.210 e. The maximum atomic E-state index is 11.1. The average Bonchev–Trinajstić information content (AvgIpc) is 2.46. The minimum absolute atomic E-state index is 0.0703. The summed E-state index contributed by atoms with van der Waals surface area (Å²) in [5.74, 6) is 1.64. The molecule has 0 spiro atoms. The van der Waals surface area contributed by atoms with Crippen molar-refractivity contribution in [2.24, 2.45) is 17.6 Å². The Kier molecular flexibility index (Phi) is 5.85. The normalized spacial score (nSPS) is 35.3. The SMILES string of the molecule is CC(C)[C@H]1CC[C@@H](OC[C@H]2C(N)CCCN2C=O)CC1. The van der Waals surface area contributed by atoms with Gasteiger partial charge in [-0.3, -0.25) is 4.79 Å². The van der Waals surface area contributed by atoms with E-state index in [1.54, 1.807) is 0 Å². The van der Waals surface area contributed by atoms with Crippen LogP contribution in [0.3, 0.4) is 0 Å². The molecule has 4 heteroatoms.